The van der Waals surface area contributed by atoms with E-state index in [-0.39, 0.29) is 35.1 Å². The zero-order valence-electron chi connectivity index (χ0n) is 23.5. The van der Waals surface area contributed by atoms with E-state index in [0.29, 0.717) is 32.6 Å². The average Bonchev–Trinajstić information content (AvgIpc) is 3.47. The standard InChI is InChI=1S/C29H46BrN3O5/c1-7-11-12-16-32(15-10-4)28(37)25-29-17-20(30)24(38-29)22(26(35)31(13-8-2)14-9-3)23(29)27(36)33(25)21(18-34)19(5)6/h8,10,19-25,34H,2,4,7,9,11-18H2,1,3,5-6H3/t20?,21-,22+,23-,24+,25?,29?/m0/s1. The Balaban J connectivity index is 2.11. The Kier molecular flexibility index (Phi) is 10.6. The van der Waals surface area contributed by atoms with Crippen LogP contribution in [0.25, 0.3) is 0 Å². The second-order valence-corrected chi connectivity index (χ2v) is 12.4. The lowest BCUT2D eigenvalue weighted by Gasteiger charge is -2.40. The SMILES string of the molecule is C=CCN(CCCCC)C(=O)C1N([C@@H](CO)C(C)C)C(=O)[C@@H]2[C@@H](C(=O)N(CC=C)CCC)[C@@H]3OC12CC3Br. The molecule has 3 fully saturated rings. The third-order valence-electron chi connectivity index (χ3n) is 8.41. The molecular formula is C29H46BrN3O5. The van der Waals surface area contributed by atoms with Gasteiger partial charge in [-0.1, -0.05) is 68.6 Å². The summed E-state index contributed by atoms with van der Waals surface area (Å²) in [7, 11) is 0. The van der Waals surface area contributed by atoms with Crippen LogP contribution in [0.3, 0.4) is 0 Å². The molecule has 0 saturated carbocycles. The molecule has 3 heterocycles. The van der Waals surface area contributed by atoms with Gasteiger partial charge in [-0.2, -0.15) is 0 Å². The number of carbonyl (C=O) groups excluding carboxylic acids is 3. The fourth-order valence-electron chi connectivity index (χ4n) is 6.71. The van der Waals surface area contributed by atoms with Crippen LogP contribution in [-0.4, -0.2) is 98.9 Å². The van der Waals surface area contributed by atoms with E-state index in [1.807, 2.05) is 20.8 Å². The molecule has 3 unspecified atom stereocenters. The summed E-state index contributed by atoms with van der Waals surface area (Å²) in [6.07, 6.45) is 6.99. The summed E-state index contributed by atoms with van der Waals surface area (Å²) in [5.41, 5.74) is -1.13. The van der Waals surface area contributed by atoms with Crippen molar-refractivity contribution in [1.82, 2.24) is 14.7 Å². The van der Waals surface area contributed by atoms with Gasteiger partial charge in [-0.3, -0.25) is 14.4 Å². The summed E-state index contributed by atoms with van der Waals surface area (Å²) >= 11 is 3.74. The second kappa shape index (κ2) is 13.1. The van der Waals surface area contributed by atoms with E-state index >= 15 is 0 Å². The van der Waals surface area contributed by atoms with Crippen molar-refractivity contribution in [3.8, 4) is 0 Å². The van der Waals surface area contributed by atoms with Gasteiger partial charge in [0.1, 0.15) is 11.6 Å². The van der Waals surface area contributed by atoms with E-state index in [0.717, 1.165) is 25.7 Å². The van der Waals surface area contributed by atoms with Crippen molar-refractivity contribution in [2.75, 3.05) is 32.8 Å². The maximum Gasteiger partial charge on any atom is 0.248 e. The van der Waals surface area contributed by atoms with Gasteiger partial charge in [0.15, 0.2) is 0 Å². The molecule has 214 valence electrons. The molecule has 3 amide bonds. The molecule has 38 heavy (non-hydrogen) atoms. The molecule has 3 saturated heterocycles. The Labute approximate surface area is 236 Å². The maximum atomic E-state index is 14.4. The highest BCUT2D eigenvalue weighted by molar-refractivity contribution is 9.09. The van der Waals surface area contributed by atoms with Crippen LogP contribution >= 0.6 is 15.9 Å². The Morgan fingerprint density at radius 1 is 1.13 bits per heavy atom. The summed E-state index contributed by atoms with van der Waals surface area (Å²) in [5, 5.41) is 10.4. The van der Waals surface area contributed by atoms with Gasteiger partial charge in [-0.05, 0) is 25.2 Å². The fourth-order valence-corrected chi connectivity index (χ4v) is 7.65. The molecule has 0 aliphatic carbocycles. The number of hydrogen-bond donors (Lipinski definition) is 1. The zero-order chi connectivity index (χ0) is 28.2. The third kappa shape index (κ3) is 5.35. The Morgan fingerprint density at radius 3 is 2.29 bits per heavy atom. The number of ether oxygens (including phenoxy) is 1. The van der Waals surface area contributed by atoms with Crippen molar-refractivity contribution < 1.29 is 24.2 Å². The van der Waals surface area contributed by atoms with E-state index in [1.165, 1.54) is 0 Å². The number of aliphatic hydroxyl groups excluding tert-OH is 1. The molecule has 3 aliphatic rings. The molecule has 9 heteroatoms. The Bertz CT molecular complexity index is 897. The highest BCUT2D eigenvalue weighted by Crippen LogP contribution is 2.61. The number of fused-ring (bicyclic) bond motifs is 1. The molecule has 0 aromatic carbocycles. The number of alkyl halides is 1. The minimum atomic E-state index is -1.13. The summed E-state index contributed by atoms with van der Waals surface area (Å²) in [6, 6.07) is -1.48. The van der Waals surface area contributed by atoms with Gasteiger partial charge in [0.2, 0.25) is 17.7 Å². The van der Waals surface area contributed by atoms with Gasteiger partial charge in [0.25, 0.3) is 0 Å². The minimum absolute atomic E-state index is 0.0918. The van der Waals surface area contributed by atoms with Gasteiger partial charge in [0.05, 0.1) is 30.6 Å². The first kappa shape index (κ1) is 30.8. The molecule has 3 aliphatic heterocycles. The molecule has 3 rings (SSSR count). The van der Waals surface area contributed by atoms with Crippen LogP contribution in [0.5, 0.6) is 0 Å². The molecular weight excluding hydrogens is 550 g/mol. The first-order chi connectivity index (χ1) is 18.1. The predicted octanol–water partition coefficient (Wildman–Crippen LogP) is 3.38. The maximum absolute atomic E-state index is 14.4. The van der Waals surface area contributed by atoms with E-state index in [1.54, 1.807) is 26.9 Å². The van der Waals surface area contributed by atoms with E-state index in [2.05, 4.69) is 36.0 Å². The molecule has 7 atom stereocenters. The van der Waals surface area contributed by atoms with Crippen molar-refractivity contribution in [3.05, 3.63) is 25.3 Å². The molecule has 8 nitrogen and oxygen atoms in total. The molecule has 1 spiro atoms. The molecule has 0 aromatic rings. The summed E-state index contributed by atoms with van der Waals surface area (Å²) in [5.74, 6) is -2.16. The number of likely N-dealkylation sites (tertiary alicyclic amines) is 1. The first-order valence-electron chi connectivity index (χ1n) is 14.2. The van der Waals surface area contributed by atoms with Crippen LogP contribution in [0.15, 0.2) is 25.3 Å². The molecule has 0 radical (unpaired) electrons. The predicted molar refractivity (Wildman–Crippen MR) is 152 cm³/mol. The summed E-state index contributed by atoms with van der Waals surface area (Å²) in [6.45, 7) is 17.2. The lowest BCUT2D eigenvalue weighted by Crippen LogP contribution is -2.60. The Morgan fingerprint density at radius 2 is 1.76 bits per heavy atom. The lowest BCUT2D eigenvalue weighted by atomic mass is 9.70. The fraction of sp³-hybridized carbons (Fsp3) is 0.759. The van der Waals surface area contributed by atoms with Crippen LogP contribution in [0.2, 0.25) is 0 Å². The van der Waals surface area contributed by atoms with Crippen molar-refractivity contribution >= 4 is 33.7 Å². The van der Waals surface area contributed by atoms with E-state index in [4.69, 9.17) is 4.74 Å². The quantitative estimate of drug-likeness (QED) is 0.178. The van der Waals surface area contributed by atoms with E-state index in [9.17, 15) is 19.5 Å². The zero-order valence-corrected chi connectivity index (χ0v) is 25.1. The van der Waals surface area contributed by atoms with Crippen molar-refractivity contribution in [2.24, 2.45) is 17.8 Å². The van der Waals surface area contributed by atoms with Gasteiger partial charge in [-0.25, -0.2) is 0 Å². The average molecular weight is 597 g/mol. The number of amides is 3. The van der Waals surface area contributed by atoms with Crippen LogP contribution in [0.4, 0.5) is 0 Å². The van der Waals surface area contributed by atoms with Crippen molar-refractivity contribution in [1.29, 1.82) is 0 Å². The van der Waals surface area contributed by atoms with Gasteiger partial charge < -0.3 is 24.5 Å². The topological polar surface area (TPSA) is 90.4 Å². The summed E-state index contributed by atoms with van der Waals surface area (Å²) < 4.78 is 6.66. The number of unbranched alkanes of at least 4 members (excludes halogenated alkanes) is 2. The van der Waals surface area contributed by atoms with Crippen LogP contribution in [-0.2, 0) is 19.1 Å². The van der Waals surface area contributed by atoms with Crippen molar-refractivity contribution in [2.45, 2.75) is 88.4 Å². The number of nitrogens with zero attached hydrogens (tertiary/aromatic N) is 3. The van der Waals surface area contributed by atoms with Crippen LogP contribution in [0.1, 0.15) is 59.8 Å². The monoisotopic (exact) mass is 595 g/mol. The van der Waals surface area contributed by atoms with Crippen molar-refractivity contribution in [3.63, 3.8) is 0 Å². The third-order valence-corrected chi connectivity index (χ3v) is 9.25. The lowest BCUT2D eigenvalue weighted by molar-refractivity contribution is -0.152. The highest BCUT2D eigenvalue weighted by Gasteiger charge is 2.77. The largest absolute Gasteiger partial charge is 0.394 e. The summed E-state index contributed by atoms with van der Waals surface area (Å²) in [4.78, 5) is 47.6. The molecule has 0 aromatic heterocycles. The molecule has 1 N–H and O–H groups in total. The van der Waals surface area contributed by atoms with Gasteiger partial charge in [0, 0.05) is 31.0 Å². The van der Waals surface area contributed by atoms with E-state index < -0.39 is 35.6 Å². The highest BCUT2D eigenvalue weighted by atomic mass is 79.9. The second-order valence-electron chi connectivity index (χ2n) is 11.3. The number of rotatable bonds is 15. The number of hydrogen-bond acceptors (Lipinski definition) is 5. The number of aliphatic hydroxyl groups is 1. The number of halogens is 1. The minimum Gasteiger partial charge on any atom is -0.394 e. The Hall–Kier alpha value is -1.71. The van der Waals surface area contributed by atoms with Crippen LogP contribution in [0, 0.1) is 17.8 Å². The smallest absolute Gasteiger partial charge is 0.248 e. The van der Waals surface area contributed by atoms with Gasteiger partial charge >= 0.3 is 0 Å². The normalized spacial score (nSPS) is 30.4. The number of carbonyl (C=O) groups is 3. The first-order valence-corrected chi connectivity index (χ1v) is 15.1. The molecule has 2 bridgehead atoms. The van der Waals surface area contributed by atoms with Crippen LogP contribution < -0.4 is 0 Å². The van der Waals surface area contributed by atoms with Gasteiger partial charge in [-0.15, -0.1) is 13.2 Å².